The van der Waals surface area contributed by atoms with E-state index in [1.54, 1.807) is 11.3 Å². The molecule has 1 heterocycles. The van der Waals surface area contributed by atoms with Crippen molar-refractivity contribution in [2.75, 3.05) is 0 Å². The van der Waals surface area contributed by atoms with Gasteiger partial charge in [-0.15, -0.1) is 11.3 Å². The number of hydrogen-bond acceptors (Lipinski definition) is 1. The third-order valence-electron chi connectivity index (χ3n) is 1.81. The maximum atomic E-state index is 7.02. The van der Waals surface area contributed by atoms with E-state index in [2.05, 4.69) is 4.85 Å². The van der Waals surface area contributed by atoms with E-state index in [1.807, 2.05) is 41.8 Å². The fraction of sp³-hybridized carbons (Fsp3) is 0. The van der Waals surface area contributed by atoms with E-state index in [1.165, 1.54) is 0 Å². The first kappa shape index (κ1) is 8.03. The van der Waals surface area contributed by atoms with Gasteiger partial charge in [0.25, 0.3) is 0 Å². The minimum atomic E-state index is 0.727. The summed E-state index contributed by atoms with van der Waals surface area (Å²) in [5, 5.41) is 2.02. The normalized spacial score (nSPS) is 9.46. The van der Waals surface area contributed by atoms with Gasteiger partial charge >= 0.3 is 0 Å². The van der Waals surface area contributed by atoms with Crippen LogP contribution in [0.2, 0.25) is 0 Å². The van der Waals surface area contributed by atoms with Gasteiger partial charge in [0.15, 0.2) is 5.69 Å². The summed E-state index contributed by atoms with van der Waals surface area (Å²) in [5.74, 6) is 0. The predicted molar refractivity (Wildman–Crippen MR) is 56.0 cm³/mol. The molecule has 0 spiro atoms. The molecule has 0 N–H and O–H groups in total. The molecule has 0 atom stereocenters. The summed E-state index contributed by atoms with van der Waals surface area (Å²) >= 11 is 1.66. The van der Waals surface area contributed by atoms with Crippen LogP contribution in [-0.4, -0.2) is 0 Å². The van der Waals surface area contributed by atoms with Crippen molar-refractivity contribution in [3.05, 3.63) is 53.2 Å². The van der Waals surface area contributed by atoms with Crippen molar-refractivity contribution in [3.8, 4) is 10.4 Å². The highest BCUT2D eigenvalue weighted by molar-refractivity contribution is 7.13. The van der Waals surface area contributed by atoms with Crippen molar-refractivity contribution in [2.45, 2.75) is 0 Å². The number of para-hydroxylation sites is 1. The highest BCUT2D eigenvalue weighted by atomic mass is 32.1. The fourth-order valence-electron chi connectivity index (χ4n) is 1.21. The Morgan fingerprint density at radius 3 is 2.62 bits per heavy atom. The first-order chi connectivity index (χ1) is 6.42. The molecule has 0 amide bonds. The molecule has 13 heavy (non-hydrogen) atoms. The number of thiophene rings is 1. The van der Waals surface area contributed by atoms with Crippen molar-refractivity contribution >= 4 is 17.0 Å². The summed E-state index contributed by atoms with van der Waals surface area (Å²) in [5.41, 5.74) is 1.76. The Morgan fingerprint density at radius 1 is 1.08 bits per heavy atom. The van der Waals surface area contributed by atoms with Crippen LogP contribution in [0.1, 0.15) is 0 Å². The maximum Gasteiger partial charge on any atom is 0.195 e. The lowest BCUT2D eigenvalue weighted by molar-refractivity contribution is 1.70. The Labute approximate surface area is 81.1 Å². The summed E-state index contributed by atoms with van der Waals surface area (Å²) < 4.78 is 0. The maximum absolute atomic E-state index is 7.02. The molecule has 0 aliphatic carbocycles. The monoisotopic (exact) mass is 185 g/mol. The average molecular weight is 185 g/mol. The van der Waals surface area contributed by atoms with E-state index in [4.69, 9.17) is 6.57 Å². The zero-order valence-electron chi connectivity index (χ0n) is 6.90. The molecular weight excluding hydrogens is 178 g/mol. The van der Waals surface area contributed by atoms with Crippen LogP contribution < -0.4 is 0 Å². The van der Waals surface area contributed by atoms with E-state index < -0.39 is 0 Å². The lowest BCUT2D eigenvalue weighted by Gasteiger charge is -1.98. The van der Waals surface area contributed by atoms with E-state index in [-0.39, 0.29) is 0 Å². The van der Waals surface area contributed by atoms with Gasteiger partial charge in [0.1, 0.15) is 0 Å². The molecule has 0 aliphatic heterocycles. The molecule has 2 aromatic rings. The molecule has 0 bridgehead atoms. The molecular formula is C11H7NS. The van der Waals surface area contributed by atoms with Crippen molar-refractivity contribution in [1.29, 1.82) is 0 Å². The van der Waals surface area contributed by atoms with Crippen LogP contribution in [0.3, 0.4) is 0 Å². The molecule has 0 aliphatic rings. The van der Waals surface area contributed by atoms with Gasteiger partial charge < -0.3 is 0 Å². The molecule has 1 nitrogen and oxygen atoms in total. The van der Waals surface area contributed by atoms with Gasteiger partial charge in [-0.05, 0) is 17.0 Å². The molecule has 0 radical (unpaired) electrons. The summed E-state index contributed by atoms with van der Waals surface area (Å²) in [7, 11) is 0. The van der Waals surface area contributed by atoms with Gasteiger partial charge in [0.05, 0.1) is 6.57 Å². The quantitative estimate of drug-likeness (QED) is 0.592. The smallest absolute Gasteiger partial charge is 0.195 e. The van der Waals surface area contributed by atoms with Crippen LogP contribution in [0.15, 0.2) is 41.8 Å². The lowest BCUT2D eigenvalue weighted by Crippen LogP contribution is -1.70. The van der Waals surface area contributed by atoms with Crippen LogP contribution in [0.5, 0.6) is 0 Å². The number of hydrogen-bond donors (Lipinski definition) is 0. The Hall–Kier alpha value is -1.59. The van der Waals surface area contributed by atoms with E-state index in [0.29, 0.717) is 0 Å². The van der Waals surface area contributed by atoms with Gasteiger partial charge in [0.2, 0.25) is 0 Å². The van der Waals surface area contributed by atoms with E-state index >= 15 is 0 Å². The zero-order valence-corrected chi connectivity index (χ0v) is 7.71. The Balaban J connectivity index is 2.59. The van der Waals surface area contributed by atoms with Crippen LogP contribution in [-0.2, 0) is 0 Å². The standard InChI is InChI=1S/C11H7NS/c1-12-10-6-3-2-5-9(10)11-7-4-8-13-11/h2-8H. The van der Waals surface area contributed by atoms with Crippen molar-refractivity contribution in [3.63, 3.8) is 0 Å². The molecule has 1 aromatic heterocycles. The Kier molecular flexibility index (Phi) is 2.11. The molecule has 0 fully saturated rings. The van der Waals surface area contributed by atoms with Gasteiger partial charge in [0, 0.05) is 4.88 Å². The van der Waals surface area contributed by atoms with Crippen molar-refractivity contribution < 1.29 is 0 Å². The van der Waals surface area contributed by atoms with Crippen molar-refractivity contribution in [2.24, 2.45) is 0 Å². The molecule has 0 saturated carbocycles. The van der Waals surface area contributed by atoms with E-state index in [9.17, 15) is 0 Å². The van der Waals surface area contributed by atoms with Gasteiger partial charge in [-0.3, -0.25) is 0 Å². The summed E-state index contributed by atoms with van der Waals surface area (Å²) in [6.45, 7) is 7.02. The SMILES string of the molecule is [C-]#[N+]c1ccccc1-c1cccs1. The van der Waals surface area contributed by atoms with Crippen molar-refractivity contribution in [1.82, 2.24) is 0 Å². The lowest BCUT2D eigenvalue weighted by atomic mass is 10.1. The zero-order chi connectivity index (χ0) is 9.10. The predicted octanol–water partition coefficient (Wildman–Crippen LogP) is 3.97. The second-order valence-electron chi connectivity index (χ2n) is 2.61. The topological polar surface area (TPSA) is 4.36 Å². The fourth-order valence-corrected chi connectivity index (χ4v) is 1.97. The second-order valence-corrected chi connectivity index (χ2v) is 3.55. The largest absolute Gasteiger partial charge is 0.237 e. The summed E-state index contributed by atoms with van der Waals surface area (Å²) in [4.78, 5) is 4.64. The third kappa shape index (κ3) is 1.47. The Morgan fingerprint density at radius 2 is 1.92 bits per heavy atom. The molecule has 1 aromatic carbocycles. The summed E-state index contributed by atoms with van der Waals surface area (Å²) in [6.07, 6.45) is 0. The molecule has 62 valence electrons. The molecule has 0 unspecified atom stereocenters. The highest BCUT2D eigenvalue weighted by Crippen LogP contribution is 2.32. The first-order valence-electron chi connectivity index (χ1n) is 3.92. The average Bonchev–Trinajstić information content (AvgIpc) is 2.70. The number of benzene rings is 1. The van der Waals surface area contributed by atoms with Crippen LogP contribution >= 0.6 is 11.3 Å². The Bertz CT molecular complexity index is 437. The van der Waals surface area contributed by atoms with E-state index in [0.717, 1.165) is 16.1 Å². The minimum Gasteiger partial charge on any atom is -0.237 e. The van der Waals surface area contributed by atoms with Gasteiger partial charge in [-0.25, -0.2) is 4.85 Å². The third-order valence-corrected chi connectivity index (χ3v) is 2.71. The molecule has 2 heteroatoms. The molecule has 0 saturated heterocycles. The van der Waals surface area contributed by atoms with Crippen LogP contribution in [0.4, 0.5) is 5.69 Å². The first-order valence-corrected chi connectivity index (χ1v) is 4.80. The minimum absolute atomic E-state index is 0.727. The second kappa shape index (κ2) is 3.42. The molecule has 2 rings (SSSR count). The highest BCUT2D eigenvalue weighted by Gasteiger charge is 2.03. The summed E-state index contributed by atoms with van der Waals surface area (Å²) in [6, 6.07) is 11.7. The van der Waals surface area contributed by atoms with Gasteiger partial charge in [-0.1, -0.05) is 30.3 Å². The van der Waals surface area contributed by atoms with Gasteiger partial charge in [-0.2, -0.15) is 0 Å². The van der Waals surface area contributed by atoms with Crippen LogP contribution in [0, 0.1) is 6.57 Å². The van der Waals surface area contributed by atoms with Crippen LogP contribution in [0.25, 0.3) is 15.3 Å². The number of rotatable bonds is 1. The number of nitrogens with zero attached hydrogens (tertiary/aromatic N) is 1.